The molecule has 0 atom stereocenters. The Balaban J connectivity index is 2.41. The van der Waals surface area contributed by atoms with E-state index in [-0.39, 0.29) is 5.56 Å². The van der Waals surface area contributed by atoms with Crippen molar-refractivity contribution in [2.75, 3.05) is 18.1 Å². The molecule has 0 radical (unpaired) electrons. The molecule has 76 valence electrons. The lowest BCUT2D eigenvalue weighted by Crippen LogP contribution is -2.24. The SMILES string of the molecule is CSCc1nc2c(c(=O)[nH]1)CCCN2. The van der Waals surface area contributed by atoms with E-state index in [0.29, 0.717) is 0 Å². The minimum absolute atomic E-state index is 0.0197. The van der Waals surface area contributed by atoms with Gasteiger partial charge in [-0.2, -0.15) is 11.8 Å². The Bertz CT molecular complexity index is 388. The summed E-state index contributed by atoms with van der Waals surface area (Å²) in [6.07, 6.45) is 3.84. The van der Waals surface area contributed by atoms with Gasteiger partial charge in [-0.3, -0.25) is 4.79 Å². The number of rotatable bonds is 2. The zero-order valence-corrected chi connectivity index (χ0v) is 8.91. The maximum absolute atomic E-state index is 11.6. The highest BCUT2D eigenvalue weighted by Gasteiger charge is 2.14. The van der Waals surface area contributed by atoms with Gasteiger partial charge in [0.15, 0.2) is 0 Å². The van der Waals surface area contributed by atoms with Gasteiger partial charge in [-0.05, 0) is 19.1 Å². The van der Waals surface area contributed by atoms with Gasteiger partial charge < -0.3 is 10.3 Å². The lowest BCUT2D eigenvalue weighted by Gasteiger charge is -2.16. The third-order valence-corrected chi connectivity index (χ3v) is 2.80. The summed E-state index contributed by atoms with van der Waals surface area (Å²) in [4.78, 5) is 18.8. The van der Waals surface area contributed by atoms with Crippen LogP contribution in [0.25, 0.3) is 0 Å². The van der Waals surface area contributed by atoms with E-state index >= 15 is 0 Å². The van der Waals surface area contributed by atoms with Gasteiger partial charge in [-0.15, -0.1) is 0 Å². The number of nitrogens with zero attached hydrogens (tertiary/aromatic N) is 1. The molecule has 0 spiro atoms. The van der Waals surface area contributed by atoms with Crippen molar-refractivity contribution in [1.29, 1.82) is 0 Å². The second kappa shape index (κ2) is 4.04. The van der Waals surface area contributed by atoms with Crippen LogP contribution in [0.15, 0.2) is 4.79 Å². The van der Waals surface area contributed by atoms with Crippen LogP contribution < -0.4 is 10.9 Å². The molecule has 1 aromatic rings. The van der Waals surface area contributed by atoms with Crippen LogP contribution in [-0.4, -0.2) is 22.8 Å². The minimum Gasteiger partial charge on any atom is -0.370 e. The zero-order valence-electron chi connectivity index (χ0n) is 8.09. The van der Waals surface area contributed by atoms with Crippen molar-refractivity contribution >= 4 is 17.6 Å². The molecule has 1 aliphatic heterocycles. The first-order valence-corrected chi connectivity index (χ1v) is 6.05. The molecule has 4 nitrogen and oxygen atoms in total. The second-order valence-corrected chi connectivity index (χ2v) is 4.17. The molecule has 14 heavy (non-hydrogen) atoms. The fraction of sp³-hybridized carbons (Fsp3) is 0.556. The molecule has 0 saturated carbocycles. The van der Waals surface area contributed by atoms with Gasteiger partial charge in [0.25, 0.3) is 5.56 Å². The van der Waals surface area contributed by atoms with Crippen molar-refractivity contribution in [1.82, 2.24) is 9.97 Å². The van der Waals surface area contributed by atoms with Crippen LogP contribution in [0.3, 0.4) is 0 Å². The van der Waals surface area contributed by atoms with Crippen LogP contribution in [0.1, 0.15) is 17.8 Å². The van der Waals surface area contributed by atoms with Crippen LogP contribution in [-0.2, 0) is 12.2 Å². The number of H-pyrrole nitrogens is 1. The van der Waals surface area contributed by atoms with Crippen LogP contribution >= 0.6 is 11.8 Å². The van der Waals surface area contributed by atoms with Crippen molar-refractivity contribution in [2.45, 2.75) is 18.6 Å². The molecule has 0 unspecified atom stereocenters. The summed E-state index contributed by atoms with van der Waals surface area (Å²) in [6.45, 7) is 0.919. The van der Waals surface area contributed by atoms with Gasteiger partial charge in [-0.1, -0.05) is 0 Å². The van der Waals surface area contributed by atoms with Gasteiger partial charge in [0, 0.05) is 6.54 Å². The number of anilines is 1. The van der Waals surface area contributed by atoms with Crippen molar-refractivity contribution in [3.05, 3.63) is 21.7 Å². The summed E-state index contributed by atoms with van der Waals surface area (Å²) in [5, 5.41) is 3.16. The van der Waals surface area contributed by atoms with Crippen molar-refractivity contribution in [2.24, 2.45) is 0 Å². The van der Waals surface area contributed by atoms with Crippen molar-refractivity contribution in [3.8, 4) is 0 Å². The summed E-state index contributed by atoms with van der Waals surface area (Å²) in [6, 6.07) is 0. The predicted octanol–water partition coefficient (Wildman–Crippen LogP) is 0.991. The van der Waals surface area contributed by atoms with E-state index in [1.165, 1.54) is 0 Å². The van der Waals surface area contributed by atoms with Crippen LogP contribution in [0, 0.1) is 0 Å². The smallest absolute Gasteiger partial charge is 0.256 e. The number of thioether (sulfide) groups is 1. The highest BCUT2D eigenvalue weighted by Crippen LogP contribution is 2.15. The van der Waals surface area contributed by atoms with E-state index in [9.17, 15) is 4.79 Å². The lowest BCUT2D eigenvalue weighted by atomic mass is 10.1. The third-order valence-electron chi connectivity index (χ3n) is 2.24. The summed E-state index contributed by atoms with van der Waals surface area (Å²) in [7, 11) is 0. The number of aromatic amines is 1. The van der Waals surface area contributed by atoms with Crippen molar-refractivity contribution < 1.29 is 0 Å². The Morgan fingerprint density at radius 1 is 1.57 bits per heavy atom. The molecule has 1 aliphatic rings. The average Bonchev–Trinajstić information content (AvgIpc) is 2.18. The number of fused-ring (bicyclic) bond motifs is 1. The number of aromatic nitrogens is 2. The fourth-order valence-corrected chi connectivity index (χ4v) is 2.01. The second-order valence-electron chi connectivity index (χ2n) is 3.30. The number of nitrogens with one attached hydrogen (secondary N) is 2. The minimum atomic E-state index is 0.0197. The summed E-state index contributed by atoms with van der Waals surface area (Å²) in [5.74, 6) is 2.30. The molecule has 2 heterocycles. The summed E-state index contributed by atoms with van der Waals surface area (Å²) in [5.41, 5.74) is 0.826. The first-order chi connectivity index (χ1) is 6.81. The first-order valence-electron chi connectivity index (χ1n) is 4.66. The maximum atomic E-state index is 11.6. The Labute approximate surface area is 86.5 Å². The highest BCUT2D eigenvalue weighted by molar-refractivity contribution is 7.97. The molecule has 2 rings (SSSR count). The van der Waals surface area contributed by atoms with Crippen molar-refractivity contribution in [3.63, 3.8) is 0 Å². The van der Waals surface area contributed by atoms with E-state index < -0.39 is 0 Å². The molecule has 0 amide bonds. The van der Waals surface area contributed by atoms with E-state index in [1.54, 1.807) is 11.8 Å². The first kappa shape index (κ1) is 9.58. The molecule has 2 N–H and O–H groups in total. The summed E-state index contributed by atoms with van der Waals surface area (Å²) >= 11 is 1.65. The largest absolute Gasteiger partial charge is 0.370 e. The lowest BCUT2D eigenvalue weighted by molar-refractivity contribution is 0.789. The summed E-state index contributed by atoms with van der Waals surface area (Å²) < 4.78 is 0. The Morgan fingerprint density at radius 2 is 2.43 bits per heavy atom. The van der Waals surface area contributed by atoms with Gasteiger partial charge in [0.1, 0.15) is 11.6 Å². The van der Waals surface area contributed by atoms with Crippen LogP contribution in [0.5, 0.6) is 0 Å². The maximum Gasteiger partial charge on any atom is 0.256 e. The predicted molar refractivity (Wildman–Crippen MR) is 58.9 cm³/mol. The van der Waals surface area contributed by atoms with Gasteiger partial charge in [-0.25, -0.2) is 4.98 Å². The molecule has 0 fully saturated rings. The van der Waals surface area contributed by atoms with Crippen LogP contribution in [0.2, 0.25) is 0 Å². The Morgan fingerprint density at radius 3 is 3.21 bits per heavy atom. The zero-order chi connectivity index (χ0) is 9.97. The molecular weight excluding hydrogens is 198 g/mol. The molecular formula is C9H13N3OS. The highest BCUT2D eigenvalue weighted by atomic mass is 32.2. The fourth-order valence-electron chi connectivity index (χ4n) is 1.60. The number of hydrogen-bond donors (Lipinski definition) is 2. The van der Waals surface area contributed by atoms with E-state index in [4.69, 9.17) is 0 Å². The topological polar surface area (TPSA) is 57.8 Å². The third kappa shape index (κ3) is 1.77. The Kier molecular flexibility index (Phi) is 2.77. The molecule has 0 aliphatic carbocycles. The van der Waals surface area contributed by atoms with Crippen LogP contribution in [0.4, 0.5) is 5.82 Å². The standard InChI is InChI=1S/C9H13N3OS/c1-14-5-7-11-8-6(9(13)12-7)3-2-4-10-8/h2-5H2,1H3,(H2,10,11,12,13). The quantitative estimate of drug-likeness (QED) is 0.766. The van der Waals surface area contributed by atoms with Gasteiger partial charge in [0.05, 0.1) is 11.3 Å². The van der Waals surface area contributed by atoms with E-state index in [2.05, 4.69) is 15.3 Å². The van der Waals surface area contributed by atoms with Gasteiger partial charge in [0.2, 0.25) is 0 Å². The monoisotopic (exact) mass is 211 g/mol. The molecule has 0 saturated heterocycles. The molecule has 0 bridgehead atoms. The van der Waals surface area contributed by atoms with E-state index in [0.717, 1.165) is 42.3 Å². The normalized spacial score (nSPS) is 14.6. The van der Waals surface area contributed by atoms with Gasteiger partial charge >= 0.3 is 0 Å². The molecule has 1 aromatic heterocycles. The number of hydrogen-bond acceptors (Lipinski definition) is 4. The van der Waals surface area contributed by atoms with E-state index in [1.807, 2.05) is 6.26 Å². The Hall–Kier alpha value is -0.970. The average molecular weight is 211 g/mol. The molecule has 0 aromatic carbocycles. The molecule has 5 heteroatoms.